The van der Waals surface area contributed by atoms with Crippen molar-refractivity contribution < 1.29 is 58.8 Å². The lowest BCUT2D eigenvalue weighted by atomic mass is 9.78. The highest BCUT2D eigenvalue weighted by atomic mass is 16.8. The molecule has 4 rings (SSSR count). The lowest BCUT2D eigenvalue weighted by Gasteiger charge is -2.44. The number of carbonyl (C=O) groups excluding carboxylic acids is 2. The van der Waals surface area contributed by atoms with Gasteiger partial charge in [0.25, 0.3) is 0 Å². The van der Waals surface area contributed by atoms with Gasteiger partial charge in [0.15, 0.2) is 11.9 Å². The standard InChI is InChI=1S/C21H26O12/c1-8(23)10-5-21(33-18(10)28)4-3-9-11(17(27)29-2)7-30-19(13(9)21)32-20-16(26)15(25)14(24)12(6-22)31-20/h3-5,7-9,12-16,19-20,22-26H,6H2,1-2H3/t8?,9-,12-,13-,14-,15+,16-,19+,20+,21-/m1/s1. The molecule has 0 radical (unpaired) electrons. The van der Waals surface area contributed by atoms with Crippen molar-refractivity contribution in [1.82, 2.24) is 0 Å². The molecule has 12 heteroatoms. The number of aliphatic hydroxyl groups is 5. The normalized spacial score (nSPS) is 42.8. The molecule has 1 aliphatic carbocycles. The van der Waals surface area contributed by atoms with Gasteiger partial charge in [0.05, 0.1) is 43.1 Å². The van der Waals surface area contributed by atoms with E-state index in [4.69, 9.17) is 23.7 Å². The van der Waals surface area contributed by atoms with Crippen LogP contribution in [0.15, 0.2) is 35.6 Å². The first kappa shape index (κ1) is 23.8. The number of hydrogen-bond donors (Lipinski definition) is 5. The topological polar surface area (TPSA) is 181 Å². The molecule has 0 aromatic carbocycles. The number of methoxy groups -OCH3 is 1. The zero-order valence-corrected chi connectivity index (χ0v) is 17.8. The lowest BCUT2D eigenvalue weighted by Crippen LogP contribution is -2.60. The first-order chi connectivity index (χ1) is 15.6. The minimum Gasteiger partial charge on any atom is -0.471 e. The molecule has 0 amide bonds. The molecule has 0 bridgehead atoms. The molecule has 0 saturated carbocycles. The van der Waals surface area contributed by atoms with E-state index in [0.717, 1.165) is 6.26 Å². The Hall–Kier alpha value is -2.32. The largest absolute Gasteiger partial charge is 0.471 e. The predicted octanol–water partition coefficient (Wildman–Crippen LogP) is -2.38. The fourth-order valence-corrected chi connectivity index (χ4v) is 4.57. The Labute approximate surface area is 188 Å². The van der Waals surface area contributed by atoms with Crippen LogP contribution in [0.1, 0.15) is 6.92 Å². The molecule has 1 saturated heterocycles. The minimum absolute atomic E-state index is 0.0149. The van der Waals surface area contributed by atoms with Crippen LogP contribution < -0.4 is 0 Å². The summed E-state index contributed by atoms with van der Waals surface area (Å²) in [5, 5.41) is 49.8. The van der Waals surface area contributed by atoms with E-state index in [-0.39, 0.29) is 11.1 Å². The summed E-state index contributed by atoms with van der Waals surface area (Å²) in [5.74, 6) is -3.03. The van der Waals surface area contributed by atoms with Gasteiger partial charge in [0.2, 0.25) is 6.29 Å². The lowest BCUT2D eigenvalue weighted by molar-refractivity contribution is -0.344. The van der Waals surface area contributed by atoms with Crippen molar-refractivity contribution >= 4 is 11.9 Å². The zero-order chi connectivity index (χ0) is 24.1. The predicted molar refractivity (Wildman–Crippen MR) is 105 cm³/mol. The molecule has 33 heavy (non-hydrogen) atoms. The van der Waals surface area contributed by atoms with E-state index >= 15 is 0 Å². The number of carbonyl (C=O) groups is 2. The quantitative estimate of drug-likeness (QED) is 0.213. The highest BCUT2D eigenvalue weighted by molar-refractivity contribution is 5.94. The van der Waals surface area contributed by atoms with Crippen LogP contribution in [-0.2, 0) is 33.3 Å². The summed E-state index contributed by atoms with van der Waals surface area (Å²) in [6.45, 7) is 0.750. The fraction of sp³-hybridized carbons (Fsp3) is 0.619. The summed E-state index contributed by atoms with van der Waals surface area (Å²) in [5.41, 5.74) is -1.30. The van der Waals surface area contributed by atoms with Crippen LogP contribution in [0.3, 0.4) is 0 Å². The molecule has 3 aliphatic heterocycles. The first-order valence-corrected chi connectivity index (χ1v) is 10.4. The van der Waals surface area contributed by atoms with E-state index in [1.54, 1.807) is 12.2 Å². The minimum atomic E-state index is -1.70. The van der Waals surface area contributed by atoms with E-state index in [1.807, 2.05) is 0 Å². The second-order valence-electron chi connectivity index (χ2n) is 8.33. The number of fused-ring (bicyclic) bond motifs is 2. The van der Waals surface area contributed by atoms with Gasteiger partial charge in [0.1, 0.15) is 24.4 Å². The maximum Gasteiger partial charge on any atom is 0.337 e. The summed E-state index contributed by atoms with van der Waals surface area (Å²) in [7, 11) is 1.20. The first-order valence-electron chi connectivity index (χ1n) is 10.4. The molecule has 1 unspecified atom stereocenters. The maximum absolute atomic E-state index is 12.4. The van der Waals surface area contributed by atoms with Gasteiger partial charge < -0.3 is 49.2 Å². The summed E-state index contributed by atoms with van der Waals surface area (Å²) in [4.78, 5) is 24.7. The van der Waals surface area contributed by atoms with Crippen LogP contribution >= 0.6 is 0 Å². The van der Waals surface area contributed by atoms with Crippen LogP contribution in [0.25, 0.3) is 0 Å². The number of rotatable bonds is 5. The monoisotopic (exact) mass is 470 g/mol. The number of aliphatic hydroxyl groups excluding tert-OH is 5. The Bertz CT molecular complexity index is 892. The van der Waals surface area contributed by atoms with Crippen LogP contribution in [-0.4, -0.2) is 99.9 Å². The van der Waals surface area contributed by atoms with Crippen molar-refractivity contribution in [3.8, 4) is 0 Å². The molecule has 12 nitrogen and oxygen atoms in total. The van der Waals surface area contributed by atoms with Crippen molar-refractivity contribution in [1.29, 1.82) is 0 Å². The molecule has 3 heterocycles. The molecule has 4 aliphatic rings. The highest BCUT2D eigenvalue weighted by Crippen LogP contribution is 2.50. The zero-order valence-electron chi connectivity index (χ0n) is 17.8. The van der Waals surface area contributed by atoms with Crippen LogP contribution in [0.2, 0.25) is 0 Å². The second kappa shape index (κ2) is 8.80. The van der Waals surface area contributed by atoms with Gasteiger partial charge >= 0.3 is 11.9 Å². The Balaban J connectivity index is 1.67. The van der Waals surface area contributed by atoms with Gasteiger partial charge in [-0.2, -0.15) is 0 Å². The van der Waals surface area contributed by atoms with Crippen molar-refractivity contribution in [3.63, 3.8) is 0 Å². The summed E-state index contributed by atoms with van der Waals surface area (Å²) in [6.07, 6.45) is -4.38. The number of allylic oxidation sites excluding steroid dienone is 1. The molecule has 5 N–H and O–H groups in total. The average Bonchev–Trinajstić information content (AvgIpc) is 3.34. The number of hydrogen-bond acceptors (Lipinski definition) is 12. The SMILES string of the molecule is COC(=O)C1=CO[C@@H](O[C@@H]2O[C@H](CO)[C@@H](O)[C@H](O)[C@H]2O)[C@H]2[C@@H]1C=C[C@@]21C=C(C(C)O)C(=O)O1. The number of esters is 2. The molecule has 0 aromatic heterocycles. The Morgan fingerprint density at radius 2 is 1.94 bits per heavy atom. The molecule has 1 spiro atoms. The van der Waals surface area contributed by atoms with Crippen molar-refractivity contribution in [2.24, 2.45) is 11.8 Å². The smallest absolute Gasteiger partial charge is 0.337 e. The van der Waals surface area contributed by atoms with E-state index in [9.17, 15) is 35.1 Å². The van der Waals surface area contributed by atoms with Crippen molar-refractivity contribution in [2.45, 2.75) is 55.6 Å². The third kappa shape index (κ3) is 3.87. The third-order valence-electron chi connectivity index (χ3n) is 6.33. The van der Waals surface area contributed by atoms with E-state index in [2.05, 4.69) is 0 Å². The van der Waals surface area contributed by atoms with Gasteiger partial charge in [-0.25, -0.2) is 9.59 Å². The van der Waals surface area contributed by atoms with Crippen LogP contribution in [0, 0.1) is 11.8 Å². The van der Waals surface area contributed by atoms with Crippen LogP contribution in [0.5, 0.6) is 0 Å². The summed E-state index contributed by atoms with van der Waals surface area (Å²) in [6, 6.07) is 0. The summed E-state index contributed by atoms with van der Waals surface area (Å²) >= 11 is 0. The number of ether oxygens (including phenoxy) is 5. The molecule has 1 fully saturated rings. The second-order valence-corrected chi connectivity index (χ2v) is 8.33. The fourth-order valence-electron chi connectivity index (χ4n) is 4.57. The molecule has 182 valence electrons. The van der Waals surface area contributed by atoms with Crippen molar-refractivity contribution in [3.05, 3.63) is 35.6 Å². The van der Waals surface area contributed by atoms with Gasteiger partial charge in [0, 0.05) is 5.92 Å². The third-order valence-corrected chi connectivity index (χ3v) is 6.33. The van der Waals surface area contributed by atoms with Gasteiger partial charge in [-0.15, -0.1) is 0 Å². The van der Waals surface area contributed by atoms with Gasteiger partial charge in [-0.3, -0.25) is 0 Å². The molecular weight excluding hydrogens is 444 g/mol. The van der Waals surface area contributed by atoms with Crippen LogP contribution in [0.4, 0.5) is 0 Å². The molecule has 10 atom stereocenters. The van der Waals surface area contributed by atoms with E-state index < -0.39 is 79.1 Å². The van der Waals surface area contributed by atoms with Gasteiger partial charge in [-0.1, -0.05) is 6.08 Å². The van der Waals surface area contributed by atoms with E-state index in [1.165, 1.54) is 20.1 Å². The maximum atomic E-state index is 12.4. The molecule has 0 aromatic rings. The average molecular weight is 470 g/mol. The van der Waals surface area contributed by atoms with Gasteiger partial charge in [-0.05, 0) is 19.1 Å². The van der Waals surface area contributed by atoms with E-state index in [0.29, 0.717) is 0 Å². The Kier molecular flexibility index (Phi) is 6.35. The molecular formula is C21H26O12. The summed E-state index contributed by atoms with van der Waals surface area (Å²) < 4.78 is 27.2. The van der Waals surface area contributed by atoms with Crippen molar-refractivity contribution in [2.75, 3.05) is 13.7 Å². The Morgan fingerprint density at radius 1 is 1.21 bits per heavy atom. The Morgan fingerprint density at radius 3 is 2.55 bits per heavy atom. The highest BCUT2D eigenvalue weighted by Gasteiger charge is 2.59.